The van der Waals surface area contributed by atoms with Gasteiger partial charge in [-0.1, -0.05) is 38.1 Å². The van der Waals surface area contributed by atoms with Crippen LogP contribution in [0.5, 0.6) is 0 Å². The second-order valence-electron chi connectivity index (χ2n) is 5.49. The summed E-state index contributed by atoms with van der Waals surface area (Å²) in [6.07, 6.45) is 1.55. The second kappa shape index (κ2) is 5.11. The Bertz CT molecular complexity index is 418. The number of benzene rings is 1. The Morgan fingerprint density at radius 2 is 1.78 bits per heavy atom. The Balaban J connectivity index is 2.15. The normalized spacial score (nSPS) is 18.7. The molecule has 2 rings (SSSR count). The molecule has 3 heteroatoms. The molecule has 0 amide bonds. The molecule has 0 radical (unpaired) electrons. The van der Waals surface area contributed by atoms with E-state index in [1.54, 1.807) is 0 Å². The molecule has 0 heterocycles. The number of rotatable bonds is 5. The van der Waals surface area contributed by atoms with Crippen molar-refractivity contribution in [3.8, 4) is 0 Å². The van der Waals surface area contributed by atoms with Crippen molar-refractivity contribution in [2.45, 2.75) is 38.7 Å². The fourth-order valence-electron chi connectivity index (χ4n) is 2.37. The lowest BCUT2D eigenvalue weighted by Crippen LogP contribution is -2.26. The zero-order valence-electron chi connectivity index (χ0n) is 10.8. The molecule has 2 unspecified atom stereocenters. The van der Waals surface area contributed by atoms with Crippen molar-refractivity contribution in [2.24, 2.45) is 11.8 Å². The molecule has 1 aromatic carbocycles. The minimum Gasteiger partial charge on any atom is -0.481 e. The van der Waals surface area contributed by atoms with Gasteiger partial charge in [0.25, 0.3) is 0 Å². The highest BCUT2D eigenvalue weighted by atomic mass is 16.4. The first-order chi connectivity index (χ1) is 8.50. The minimum atomic E-state index is -0.941. The number of hydrogen-bond acceptors (Lipinski definition) is 2. The van der Waals surface area contributed by atoms with Crippen molar-refractivity contribution in [1.82, 2.24) is 0 Å². The van der Waals surface area contributed by atoms with Crippen LogP contribution in [0.2, 0.25) is 0 Å². The highest BCUT2D eigenvalue weighted by Crippen LogP contribution is 2.40. The Labute approximate surface area is 107 Å². The molecule has 18 heavy (non-hydrogen) atoms. The molecule has 2 N–H and O–H groups in total. The molecular formula is C15H20O3. The summed E-state index contributed by atoms with van der Waals surface area (Å²) in [5.41, 5.74) is 1.99. The average molecular weight is 248 g/mol. The molecule has 0 aromatic heterocycles. The highest BCUT2D eigenvalue weighted by molar-refractivity contribution is 5.71. The van der Waals surface area contributed by atoms with Gasteiger partial charge in [-0.2, -0.15) is 0 Å². The zero-order chi connectivity index (χ0) is 13.3. The molecule has 1 aromatic rings. The first kappa shape index (κ1) is 13.1. The summed E-state index contributed by atoms with van der Waals surface area (Å²) in [5.74, 6) is -1.11. The van der Waals surface area contributed by atoms with Crippen molar-refractivity contribution in [3.63, 3.8) is 0 Å². The Kier molecular flexibility index (Phi) is 3.71. The predicted molar refractivity (Wildman–Crippen MR) is 69.3 cm³/mol. The van der Waals surface area contributed by atoms with E-state index >= 15 is 0 Å². The van der Waals surface area contributed by atoms with Gasteiger partial charge in [-0.15, -0.1) is 0 Å². The summed E-state index contributed by atoms with van der Waals surface area (Å²) in [5, 5.41) is 19.4. The molecule has 3 nitrogen and oxygen atoms in total. The lowest BCUT2D eigenvalue weighted by atomic mass is 9.86. The van der Waals surface area contributed by atoms with Crippen LogP contribution in [-0.4, -0.2) is 16.2 Å². The van der Waals surface area contributed by atoms with Crippen LogP contribution < -0.4 is 0 Å². The molecule has 2 atom stereocenters. The molecule has 0 aliphatic heterocycles. The van der Waals surface area contributed by atoms with Gasteiger partial charge in [0, 0.05) is 0 Å². The van der Waals surface area contributed by atoms with Crippen LogP contribution in [0.4, 0.5) is 0 Å². The standard InChI is InChI=1S/C15H20O3/c1-9(2)13(15(17)18)14(16)12-7-5-11(6-8-12)10-3-4-10/h5-10,13-14,16H,3-4H2,1-2H3,(H,17,18). The van der Waals surface area contributed by atoms with Gasteiger partial charge in [0.2, 0.25) is 0 Å². The van der Waals surface area contributed by atoms with E-state index in [2.05, 4.69) is 0 Å². The van der Waals surface area contributed by atoms with Crippen LogP contribution in [0.15, 0.2) is 24.3 Å². The molecule has 1 saturated carbocycles. The van der Waals surface area contributed by atoms with E-state index in [1.165, 1.54) is 18.4 Å². The largest absolute Gasteiger partial charge is 0.481 e. The predicted octanol–water partition coefficient (Wildman–Crippen LogP) is 2.95. The second-order valence-corrected chi connectivity index (χ2v) is 5.49. The van der Waals surface area contributed by atoms with Crippen LogP contribution in [-0.2, 0) is 4.79 Å². The summed E-state index contributed by atoms with van der Waals surface area (Å²) in [7, 11) is 0. The average Bonchev–Trinajstić information content (AvgIpc) is 3.12. The van der Waals surface area contributed by atoms with Gasteiger partial charge >= 0.3 is 5.97 Å². The summed E-state index contributed by atoms with van der Waals surface area (Å²) < 4.78 is 0. The minimum absolute atomic E-state index is 0.0967. The van der Waals surface area contributed by atoms with E-state index in [9.17, 15) is 9.90 Å². The molecule has 0 saturated heterocycles. The van der Waals surface area contributed by atoms with Gasteiger partial charge in [-0.25, -0.2) is 0 Å². The zero-order valence-corrected chi connectivity index (χ0v) is 10.8. The SMILES string of the molecule is CC(C)C(C(=O)O)C(O)c1ccc(C2CC2)cc1. The lowest BCUT2D eigenvalue weighted by Gasteiger charge is -2.22. The molecular weight excluding hydrogens is 228 g/mol. The summed E-state index contributed by atoms with van der Waals surface area (Å²) >= 11 is 0. The topological polar surface area (TPSA) is 57.5 Å². The Hall–Kier alpha value is -1.35. The summed E-state index contributed by atoms with van der Waals surface area (Å²) in [6, 6.07) is 7.73. The van der Waals surface area contributed by atoms with Crippen molar-refractivity contribution in [3.05, 3.63) is 35.4 Å². The molecule has 98 valence electrons. The molecule has 1 fully saturated rings. The van der Waals surface area contributed by atoms with Crippen LogP contribution in [0.3, 0.4) is 0 Å². The number of aliphatic hydroxyl groups excluding tert-OH is 1. The maximum absolute atomic E-state index is 11.2. The van der Waals surface area contributed by atoms with Gasteiger partial charge in [0.1, 0.15) is 0 Å². The fraction of sp³-hybridized carbons (Fsp3) is 0.533. The van der Waals surface area contributed by atoms with E-state index < -0.39 is 18.0 Å². The number of carboxylic acid groups (broad SMARTS) is 1. The summed E-state index contributed by atoms with van der Waals surface area (Å²) in [6.45, 7) is 3.64. The van der Waals surface area contributed by atoms with E-state index in [4.69, 9.17) is 5.11 Å². The molecule has 0 bridgehead atoms. The van der Waals surface area contributed by atoms with Gasteiger partial charge in [-0.05, 0) is 35.8 Å². The molecule has 1 aliphatic rings. The first-order valence-electron chi connectivity index (χ1n) is 6.51. The van der Waals surface area contributed by atoms with Crippen molar-refractivity contribution >= 4 is 5.97 Å². The quantitative estimate of drug-likeness (QED) is 0.842. The van der Waals surface area contributed by atoms with Gasteiger partial charge < -0.3 is 10.2 Å². The third-order valence-electron chi connectivity index (χ3n) is 3.67. The lowest BCUT2D eigenvalue weighted by molar-refractivity contribution is -0.148. The van der Waals surface area contributed by atoms with E-state index in [0.29, 0.717) is 11.5 Å². The van der Waals surface area contributed by atoms with E-state index in [1.807, 2.05) is 38.1 Å². The van der Waals surface area contributed by atoms with Crippen LogP contribution >= 0.6 is 0 Å². The first-order valence-corrected chi connectivity index (χ1v) is 6.51. The maximum Gasteiger partial charge on any atom is 0.309 e. The van der Waals surface area contributed by atoms with Gasteiger partial charge in [-0.3, -0.25) is 4.79 Å². The summed E-state index contributed by atoms with van der Waals surface area (Å²) in [4.78, 5) is 11.2. The molecule has 0 spiro atoms. The number of aliphatic carboxylic acids is 1. The van der Waals surface area contributed by atoms with E-state index in [0.717, 1.165) is 0 Å². The van der Waals surface area contributed by atoms with E-state index in [-0.39, 0.29) is 5.92 Å². The van der Waals surface area contributed by atoms with Crippen LogP contribution in [0, 0.1) is 11.8 Å². The smallest absolute Gasteiger partial charge is 0.309 e. The molecule has 1 aliphatic carbocycles. The number of aliphatic hydroxyl groups is 1. The monoisotopic (exact) mass is 248 g/mol. The number of carboxylic acids is 1. The van der Waals surface area contributed by atoms with Crippen molar-refractivity contribution in [1.29, 1.82) is 0 Å². The van der Waals surface area contributed by atoms with Gasteiger partial charge in [0.05, 0.1) is 12.0 Å². The number of hydrogen-bond donors (Lipinski definition) is 2. The fourth-order valence-corrected chi connectivity index (χ4v) is 2.37. The Morgan fingerprint density at radius 1 is 1.22 bits per heavy atom. The van der Waals surface area contributed by atoms with Gasteiger partial charge in [0.15, 0.2) is 0 Å². The highest BCUT2D eigenvalue weighted by Gasteiger charge is 2.31. The number of carbonyl (C=O) groups is 1. The maximum atomic E-state index is 11.2. The van der Waals surface area contributed by atoms with Crippen LogP contribution in [0.25, 0.3) is 0 Å². The Morgan fingerprint density at radius 3 is 2.17 bits per heavy atom. The third-order valence-corrected chi connectivity index (χ3v) is 3.67. The third kappa shape index (κ3) is 2.72. The van der Waals surface area contributed by atoms with Crippen molar-refractivity contribution < 1.29 is 15.0 Å². The van der Waals surface area contributed by atoms with Crippen LogP contribution in [0.1, 0.15) is 49.8 Å². The van der Waals surface area contributed by atoms with Crippen molar-refractivity contribution in [2.75, 3.05) is 0 Å².